The average molecular weight is 447 g/mol. The number of rotatable bonds is 4. The second-order valence-electron chi connectivity index (χ2n) is 8.11. The van der Waals surface area contributed by atoms with Crippen molar-refractivity contribution in [3.05, 3.63) is 45.7 Å². The number of carbonyl (C=O) groups is 2. The third kappa shape index (κ3) is 4.29. The number of carbonyl (C=O) groups excluding carboxylic acids is 2. The maximum Gasteiger partial charge on any atom is 0.277 e. The van der Waals surface area contributed by atoms with Gasteiger partial charge in [-0.1, -0.05) is 39.8 Å². The fraction of sp³-hybridized carbons (Fsp3) is 0.476. The summed E-state index contributed by atoms with van der Waals surface area (Å²) < 4.78 is 0.655. The quantitative estimate of drug-likeness (QED) is 0.715. The van der Waals surface area contributed by atoms with Gasteiger partial charge in [0.1, 0.15) is 0 Å². The molecule has 0 spiro atoms. The number of hydrogen-bond donors (Lipinski definition) is 2. The zero-order chi connectivity index (χ0) is 20.4. The van der Waals surface area contributed by atoms with E-state index < -0.39 is 0 Å². The van der Waals surface area contributed by atoms with Crippen LogP contribution < -0.4 is 5.32 Å². The lowest BCUT2D eigenvalue weighted by Gasteiger charge is -2.35. The molecule has 0 saturated carbocycles. The number of H-pyrrole nitrogens is 1. The summed E-state index contributed by atoms with van der Waals surface area (Å²) in [4.78, 5) is 27.8. The summed E-state index contributed by atoms with van der Waals surface area (Å²) in [5.41, 5.74) is 2.16. The predicted octanol–water partition coefficient (Wildman–Crippen LogP) is 4.67. The number of halogens is 1. The van der Waals surface area contributed by atoms with Crippen molar-refractivity contribution in [2.75, 3.05) is 18.4 Å². The Labute approximate surface area is 174 Å². The van der Waals surface area contributed by atoms with Crippen LogP contribution in [0.3, 0.4) is 0 Å². The van der Waals surface area contributed by atoms with Gasteiger partial charge in [-0.2, -0.15) is 5.10 Å². The molecule has 1 aromatic heterocycles. The number of likely N-dealkylation sites (tertiary alicyclic amines) is 1. The van der Waals surface area contributed by atoms with Crippen LogP contribution in [-0.4, -0.2) is 40.0 Å². The van der Waals surface area contributed by atoms with Gasteiger partial charge in [0, 0.05) is 13.1 Å². The van der Waals surface area contributed by atoms with Crippen molar-refractivity contribution in [1.82, 2.24) is 15.1 Å². The number of para-hydroxylation sites is 1. The Morgan fingerprint density at radius 1 is 1.21 bits per heavy atom. The van der Waals surface area contributed by atoms with Gasteiger partial charge in [0.25, 0.3) is 11.8 Å². The Bertz CT molecular complexity index is 867. The molecule has 0 radical (unpaired) electrons. The third-order valence-corrected chi connectivity index (χ3v) is 5.89. The largest absolute Gasteiger partial charge is 0.338 e. The lowest BCUT2D eigenvalue weighted by atomic mass is 9.91. The summed E-state index contributed by atoms with van der Waals surface area (Å²) in [6.07, 6.45) is 1.13. The Morgan fingerprint density at radius 3 is 2.46 bits per heavy atom. The highest BCUT2D eigenvalue weighted by molar-refractivity contribution is 9.10. The molecule has 1 aromatic carbocycles. The van der Waals surface area contributed by atoms with Gasteiger partial charge in [0.15, 0.2) is 5.69 Å². The van der Waals surface area contributed by atoms with Crippen molar-refractivity contribution in [1.29, 1.82) is 0 Å². The normalized spacial score (nSPS) is 19.7. The molecule has 2 N–H and O–H groups in total. The van der Waals surface area contributed by atoms with Gasteiger partial charge >= 0.3 is 0 Å². The van der Waals surface area contributed by atoms with E-state index in [1.807, 2.05) is 30.9 Å². The summed E-state index contributed by atoms with van der Waals surface area (Å²) in [7, 11) is 0. The summed E-state index contributed by atoms with van der Waals surface area (Å²) in [6.45, 7) is 9.88. The van der Waals surface area contributed by atoms with Gasteiger partial charge in [0.2, 0.25) is 0 Å². The molecule has 2 unspecified atom stereocenters. The van der Waals surface area contributed by atoms with Crippen molar-refractivity contribution >= 4 is 33.4 Å². The van der Waals surface area contributed by atoms with Crippen molar-refractivity contribution in [3.8, 4) is 0 Å². The van der Waals surface area contributed by atoms with Crippen molar-refractivity contribution in [2.24, 2.45) is 11.8 Å². The van der Waals surface area contributed by atoms with E-state index in [-0.39, 0.29) is 23.4 Å². The number of nitrogens with zero attached hydrogens (tertiary/aromatic N) is 2. The Balaban J connectivity index is 1.82. The van der Waals surface area contributed by atoms with E-state index in [9.17, 15) is 9.59 Å². The summed E-state index contributed by atoms with van der Waals surface area (Å²) in [5, 5.41) is 9.91. The molecule has 28 heavy (non-hydrogen) atoms. The van der Waals surface area contributed by atoms with E-state index in [1.165, 1.54) is 0 Å². The number of aromatic nitrogens is 2. The highest BCUT2D eigenvalue weighted by Gasteiger charge is 2.28. The smallest absolute Gasteiger partial charge is 0.277 e. The summed E-state index contributed by atoms with van der Waals surface area (Å²) in [6, 6.07) is 7.15. The highest BCUT2D eigenvalue weighted by Crippen LogP contribution is 2.28. The topological polar surface area (TPSA) is 78.1 Å². The molecule has 1 saturated heterocycles. The van der Waals surface area contributed by atoms with Gasteiger partial charge in [-0.3, -0.25) is 14.7 Å². The van der Waals surface area contributed by atoms with E-state index >= 15 is 0 Å². The number of hydrogen-bond acceptors (Lipinski definition) is 3. The summed E-state index contributed by atoms with van der Waals surface area (Å²) >= 11 is 3.46. The molecule has 1 fully saturated rings. The van der Waals surface area contributed by atoms with Crippen molar-refractivity contribution in [3.63, 3.8) is 0 Å². The lowest BCUT2D eigenvalue weighted by molar-refractivity contribution is 0.0624. The highest BCUT2D eigenvalue weighted by atomic mass is 79.9. The van der Waals surface area contributed by atoms with Crippen LogP contribution in [0.5, 0.6) is 0 Å². The Morgan fingerprint density at radius 2 is 1.86 bits per heavy atom. The molecular formula is C21H27BrN4O2. The van der Waals surface area contributed by atoms with Crippen LogP contribution in [0, 0.1) is 11.8 Å². The second kappa shape index (κ2) is 8.47. The monoisotopic (exact) mass is 446 g/mol. The van der Waals surface area contributed by atoms with Gasteiger partial charge in [-0.25, -0.2) is 0 Å². The number of amides is 2. The Hall–Kier alpha value is -2.15. The van der Waals surface area contributed by atoms with Crippen LogP contribution in [-0.2, 0) is 0 Å². The molecule has 2 atom stereocenters. The van der Waals surface area contributed by atoms with Gasteiger partial charge in [0.05, 0.1) is 21.4 Å². The fourth-order valence-corrected chi connectivity index (χ4v) is 4.65. The van der Waals surface area contributed by atoms with Crippen LogP contribution >= 0.6 is 15.9 Å². The second-order valence-corrected chi connectivity index (χ2v) is 8.90. The molecule has 1 aliphatic heterocycles. The molecule has 150 valence electrons. The van der Waals surface area contributed by atoms with Crippen molar-refractivity contribution < 1.29 is 9.59 Å². The molecular weight excluding hydrogens is 420 g/mol. The van der Waals surface area contributed by atoms with Crippen LogP contribution in [0.1, 0.15) is 66.6 Å². The zero-order valence-electron chi connectivity index (χ0n) is 16.8. The first kappa shape index (κ1) is 20.6. The predicted molar refractivity (Wildman–Crippen MR) is 114 cm³/mol. The van der Waals surface area contributed by atoms with Crippen molar-refractivity contribution in [2.45, 2.75) is 40.0 Å². The van der Waals surface area contributed by atoms with E-state index in [0.29, 0.717) is 27.6 Å². The molecule has 6 nitrogen and oxygen atoms in total. The van der Waals surface area contributed by atoms with E-state index in [4.69, 9.17) is 0 Å². The van der Waals surface area contributed by atoms with Gasteiger partial charge in [-0.15, -0.1) is 0 Å². The zero-order valence-corrected chi connectivity index (χ0v) is 18.3. The van der Waals surface area contributed by atoms with Gasteiger partial charge in [-0.05, 0) is 52.2 Å². The third-order valence-electron chi connectivity index (χ3n) is 5.09. The van der Waals surface area contributed by atoms with Crippen LogP contribution in [0.4, 0.5) is 5.69 Å². The van der Waals surface area contributed by atoms with Crippen LogP contribution in [0.2, 0.25) is 0 Å². The minimum Gasteiger partial charge on any atom is -0.338 e. The molecule has 0 bridgehead atoms. The van der Waals surface area contributed by atoms with Crippen LogP contribution in [0.25, 0.3) is 0 Å². The van der Waals surface area contributed by atoms with E-state index in [2.05, 4.69) is 45.3 Å². The first-order chi connectivity index (χ1) is 13.3. The minimum absolute atomic E-state index is 0.0433. The molecule has 2 aromatic rings. The lowest BCUT2D eigenvalue weighted by Crippen LogP contribution is -2.42. The molecule has 1 aliphatic rings. The van der Waals surface area contributed by atoms with Crippen LogP contribution in [0.15, 0.2) is 28.7 Å². The van der Waals surface area contributed by atoms with E-state index in [0.717, 1.165) is 25.2 Å². The maximum atomic E-state index is 13.1. The number of piperidine rings is 1. The molecule has 2 heterocycles. The molecule has 0 aliphatic carbocycles. The standard InChI is InChI=1S/C21H27BrN4O2/c1-12(2)18-17(22)19(25-24-18)20(27)23-16-8-6-5-7-15(16)21(28)26-10-13(3)9-14(4)11-26/h5-8,12-14H,9-11H2,1-4H3,(H,23,27)(H,24,25). The van der Waals surface area contributed by atoms with E-state index in [1.54, 1.807) is 12.1 Å². The van der Waals surface area contributed by atoms with Gasteiger partial charge < -0.3 is 10.2 Å². The number of nitrogens with one attached hydrogen (secondary N) is 2. The first-order valence-corrected chi connectivity index (χ1v) is 10.5. The molecule has 2 amide bonds. The SMILES string of the molecule is CC1CC(C)CN(C(=O)c2ccccc2NC(=O)c2n[nH]c(C(C)C)c2Br)C1. The number of aromatic amines is 1. The number of anilines is 1. The minimum atomic E-state index is -0.351. The number of benzene rings is 1. The molecule has 3 rings (SSSR count). The summed E-state index contributed by atoms with van der Waals surface area (Å²) in [5.74, 6) is 0.766. The fourth-order valence-electron chi connectivity index (χ4n) is 3.83. The molecule has 7 heteroatoms. The average Bonchev–Trinajstić information content (AvgIpc) is 3.02. The maximum absolute atomic E-state index is 13.1. The Kier molecular flexibility index (Phi) is 6.23. The first-order valence-electron chi connectivity index (χ1n) is 9.71.